The van der Waals surface area contributed by atoms with Gasteiger partial charge in [0.15, 0.2) is 0 Å². The predicted molar refractivity (Wildman–Crippen MR) is 147 cm³/mol. The highest BCUT2D eigenvalue weighted by atomic mass is 16.5. The lowest BCUT2D eigenvalue weighted by atomic mass is 9.93. The summed E-state index contributed by atoms with van der Waals surface area (Å²) < 4.78 is 11.1. The summed E-state index contributed by atoms with van der Waals surface area (Å²) in [6, 6.07) is 19.2. The molecule has 1 aliphatic heterocycles. The average Bonchev–Trinajstić information content (AvgIpc) is 3.45. The Morgan fingerprint density at radius 1 is 1.03 bits per heavy atom. The molecule has 0 radical (unpaired) electrons. The summed E-state index contributed by atoms with van der Waals surface area (Å²) >= 11 is 0. The molecule has 5 rings (SSSR count). The number of phenolic OH excluding ortho intramolecular Hbond substituents is 1. The van der Waals surface area contributed by atoms with E-state index in [1.54, 1.807) is 13.2 Å². The number of amides is 1. The van der Waals surface area contributed by atoms with Crippen LogP contribution in [0.1, 0.15) is 57.7 Å². The zero-order valence-electron chi connectivity index (χ0n) is 22.2. The van der Waals surface area contributed by atoms with Crippen molar-refractivity contribution in [3.63, 3.8) is 0 Å². The second-order valence-electron chi connectivity index (χ2n) is 9.75. The van der Waals surface area contributed by atoms with Crippen LogP contribution >= 0.6 is 0 Å². The van der Waals surface area contributed by atoms with Crippen LogP contribution in [0.25, 0.3) is 11.3 Å². The van der Waals surface area contributed by atoms with Gasteiger partial charge in [-0.05, 0) is 79.3 Å². The SMILES string of the molecule is CCCOc1ccc(C2c3c(-c4c(C)cc(C)cc4O)n[nH]c3C(=O)N2CCc2ccc(OC)cc2)cc1. The third-order valence-corrected chi connectivity index (χ3v) is 7.03. The van der Waals surface area contributed by atoms with Crippen LogP contribution in [0.4, 0.5) is 0 Å². The molecule has 1 unspecified atom stereocenters. The van der Waals surface area contributed by atoms with Crippen LogP contribution in [-0.4, -0.2) is 46.4 Å². The van der Waals surface area contributed by atoms with E-state index >= 15 is 0 Å². The van der Waals surface area contributed by atoms with Crippen LogP contribution in [0.3, 0.4) is 0 Å². The maximum Gasteiger partial charge on any atom is 0.273 e. The quantitative estimate of drug-likeness (QED) is 0.288. The molecule has 0 saturated carbocycles. The van der Waals surface area contributed by atoms with E-state index in [1.165, 1.54) is 0 Å². The van der Waals surface area contributed by atoms with Crippen LogP contribution in [0.15, 0.2) is 60.7 Å². The lowest BCUT2D eigenvalue weighted by molar-refractivity contribution is 0.0746. The predicted octanol–water partition coefficient (Wildman–Crippen LogP) is 5.98. The van der Waals surface area contributed by atoms with Crippen molar-refractivity contribution in [1.29, 1.82) is 0 Å². The highest BCUT2D eigenvalue weighted by Crippen LogP contribution is 2.45. The fraction of sp³-hybridized carbons (Fsp3) is 0.290. The van der Waals surface area contributed by atoms with Gasteiger partial charge in [0.1, 0.15) is 28.6 Å². The maximum atomic E-state index is 13.7. The van der Waals surface area contributed by atoms with Gasteiger partial charge in [0, 0.05) is 17.7 Å². The summed E-state index contributed by atoms with van der Waals surface area (Å²) in [5.74, 6) is 1.65. The average molecular weight is 512 g/mol. The highest BCUT2D eigenvalue weighted by Gasteiger charge is 2.42. The molecule has 38 heavy (non-hydrogen) atoms. The number of aryl methyl sites for hydroxylation is 2. The van der Waals surface area contributed by atoms with Crippen molar-refractivity contribution in [1.82, 2.24) is 15.1 Å². The molecule has 0 bridgehead atoms. The van der Waals surface area contributed by atoms with E-state index in [4.69, 9.17) is 9.47 Å². The zero-order valence-corrected chi connectivity index (χ0v) is 22.2. The molecule has 1 atom stereocenters. The number of phenols is 1. The van der Waals surface area contributed by atoms with Crippen molar-refractivity contribution in [3.05, 3.63) is 94.2 Å². The van der Waals surface area contributed by atoms with E-state index < -0.39 is 0 Å². The minimum absolute atomic E-state index is 0.104. The lowest BCUT2D eigenvalue weighted by Gasteiger charge is -2.27. The van der Waals surface area contributed by atoms with Gasteiger partial charge in [-0.15, -0.1) is 0 Å². The molecule has 2 heterocycles. The fourth-order valence-corrected chi connectivity index (χ4v) is 5.23. The summed E-state index contributed by atoms with van der Waals surface area (Å²) in [7, 11) is 1.65. The van der Waals surface area contributed by atoms with Crippen LogP contribution in [0, 0.1) is 13.8 Å². The fourth-order valence-electron chi connectivity index (χ4n) is 5.23. The standard InChI is InChI=1S/C31H33N3O4/c1-5-16-38-24-12-8-22(9-13-24)30-27-28(26-20(3)17-19(2)18-25(26)35)32-33-29(27)31(36)34(30)15-14-21-6-10-23(37-4)11-7-21/h6-13,17-18,30,35H,5,14-16H2,1-4H3,(H,32,33). The summed E-state index contributed by atoms with van der Waals surface area (Å²) in [5.41, 5.74) is 6.44. The third kappa shape index (κ3) is 4.72. The molecular weight excluding hydrogens is 478 g/mol. The first-order valence-electron chi connectivity index (χ1n) is 13.0. The van der Waals surface area contributed by atoms with Crippen LogP contribution in [0.5, 0.6) is 17.2 Å². The van der Waals surface area contributed by atoms with Gasteiger partial charge in [0.25, 0.3) is 5.91 Å². The Morgan fingerprint density at radius 3 is 2.39 bits per heavy atom. The van der Waals surface area contributed by atoms with Crippen molar-refractivity contribution >= 4 is 5.91 Å². The van der Waals surface area contributed by atoms with Gasteiger partial charge < -0.3 is 19.5 Å². The number of nitrogens with zero attached hydrogens (tertiary/aromatic N) is 2. The number of aromatic hydroxyl groups is 1. The zero-order chi connectivity index (χ0) is 26.8. The van der Waals surface area contributed by atoms with E-state index in [0.29, 0.717) is 36.5 Å². The smallest absolute Gasteiger partial charge is 0.273 e. The number of rotatable bonds is 9. The van der Waals surface area contributed by atoms with Crippen molar-refractivity contribution in [2.24, 2.45) is 0 Å². The normalized spacial score (nSPS) is 14.6. The highest BCUT2D eigenvalue weighted by molar-refractivity contribution is 6.00. The van der Waals surface area contributed by atoms with Gasteiger partial charge in [0.2, 0.25) is 0 Å². The molecule has 2 N–H and O–H groups in total. The van der Waals surface area contributed by atoms with Crippen molar-refractivity contribution in [2.75, 3.05) is 20.3 Å². The van der Waals surface area contributed by atoms with E-state index in [-0.39, 0.29) is 17.7 Å². The molecule has 196 valence electrons. The molecule has 4 aromatic rings. The van der Waals surface area contributed by atoms with Crippen molar-refractivity contribution in [2.45, 2.75) is 39.7 Å². The molecular formula is C31H33N3O4. The van der Waals surface area contributed by atoms with Crippen LogP contribution in [-0.2, 0) is 6.42 Å². The number of carbonyl (C=O) groups excluding carboxylic acids is 1. The minimum atomic E-state index is -0.357. The van der Waals surface area contributed by atoms with Gasteiger partial charge >= 0.3 is 0 Å². The molecule has 3 aromatic carbocycles. The molecule has 1 aromatic heterocycles. The largest absolute Gasteiger partial charge is 0.507 e. The third-order valence-electron chi connectivity index (χ3n) is 7.03. The Labute approximate surface area is 223 Å². The van der Waals surface area contributed by atoms with Gasteiger partial charge in [0.05, 0.1) is 19.8 Å². The Bertz CT molecular complexity index is 1420. The number of ether oxygens (including phenoxy) is 2. The van der Waals surface area contributed by atoms with E-state index in [2.05, 4.69) is 17.1 Å². The van der Waals surface area contributed by atoms with Crippen LogP contribution in [0.2, 0.25) is 0 Å². The molecule has 7 heteroatoms. The first kappa shape index (κ1) is 25.4. The molecule has 7 nitrogen and oxygen atoms in total. The number of aromatic amines is 1. The molecule has 1 amide bonds. The number of hydrogen-bond donors (Lipinski definition) is 2. The van der Waals surface area contributed by atoms with E-state index in [9.17, 15) is 9.90 Å². The van der Waals surface area contributed by atoms with Crippen molar-refractivity contribution < 1.29 is 19.4 Å². The van der Waals surface area contributed by atoms with Gasteiger partial charge in [-0.3, -0.25) is 9.89 Å². The first-order valence-corrected chi connectivity index (χ1v) is 13.0. The number of hydrogen-bond acceptors (Lipinski definition) is 5. The monoisotopic (exact) mass is 511 g/mol. The molecule has 0 saturated heterocycles. The Hall–Kier alpha value is -4.26. The summed E-state index contributed by atoms with van der Waals surface area (Å²) in [5, 5.41) is 18.4. The molecule has 1 aliphatic rings. The summed E-state index contributed by atoms with van der Waals surface area (Å²) in [6.45, 7) is 7.14. The van der Waals surface area contributed by atoms with Gasteiger partial charge in [-0.1, -0.05) is 37.3 Å². The Kier molecular flexibility index (Phi) is 7.09. The number of aromatic nitrogens is 2. The second kappa shape index (κ2) is 10.6. The number of nitrogens with one attached hydrogen (secondary N) is 1. The Morgan fingerprint density at radius 2 is 1.74 bits per heavy atom. The number of methoxy groups -OCH3 is 1. The van der Waals surface area contributed by atoms with Crippen LogP contribution < -0.4 is 9.47 Å². The van der Waals surface area contributed by atoms with Gasteiger partial charge in [-0.25, -0.2) is 0 Å². The minimum Gasteiger partial charge on any atom is -0.507 e. The molecule has 0 aliphatic carbocycles. The van der Waals surface area contributed by atoms with Crippen molar-refractivity contribution in [3.8, 4) is 28.5 Å². The number of carbonyl (C=O) groups is 1. The lowest BCUT2D eigenvalue weighted by Crippen LogP contribution is -2.31. The molecule has 0 fully saturated rings. The molecule has 0 spiro atoms. The van der Waals surface area contributed by atoms with E-state index in [0.717, 1.165) is 45.7 Å². The second-order valence-corrected chi connectivity index (χ2v) is 9.75. The Balaban J connectivity index is 1.55. The number of H-pyrrole nitrogens is 1. The van der Waals surface area contributed by atoms with Gasteiger partial charge in [-0.2, -0.15) is 5.10 Å². The number of fused-ring (bicyclic) bond motifs is 1. The summed E-state index contributed by atoms with van der Waals surface area (Å²) in [4.78, 5) is 15.6. The van der Waals surface area contributed by atoms with E-state index in [1.807, 2.05) is 73.3 Å². The topological polar surface area (TPSA) is 87.7 Å². The maximum absolute atomic E-state index is 13.7. The first-order chi connectivity index (χ1) is 18.4. The number of benzene rings is 3. The summed E-state index contributed by atoms with van der Waals surface area (Å²) in [6.07, 6.45) is 1.62.